The van der Waals surface area contributed by atoms with Gasteiger partial charge in [0.1, 0.15) is 5.69 Å². The molecular weight excluding hydrogens is 292 g/mol. The Bertz CT molecular complexity index is 662. The van der Waals surface area contributed by atoms with Crippen LogP contribution in [0.3, 0.4) is 0 Å². The van der Waals surface area contributed by atoms with Gasteiger partial charge in [0.05, 0.1) is 11.7 Å². The second-order valence-electron chi connectivity index (χ2n) is 5.98. The number of carbonyl (C=O) groups excluding carboxylic acids is 1. The molecule has 1 atom stereocenters. The zero-order valence-corrected chi connectivity index (χ0v) is 13.5. The van der Waals surface area contributed by atoms with Crippen LogP contribution in [0.5, 0.6) is 0 Å². The number of nitrogens with zero attached hydrogens (tertiary/aromatic N) is 3. The van der Waals surface area contributed by atoms with Gasteiger partial charge in [-0.15, -0.1) is 0 Å². The number of ether oxygens (including phenoxy) is 1. The van der Waals surface area contributed by atoms with Crippen LogP contribution in [0.1, 0.15) is 40.6 Å². The Labute approximate surface area is 135 Å². The monoisotopic (exact) mass is 314 g/mol. The van der Waals surface area contributed by atoms with Crippen LogP contribution >= 0.6 is 0 Å². The van der Waals surface area contributed by atoms with Crippen LogP contribution in [0.4, 0.5) is 0 Å². The van der Waals surface area contributed by atoms with Crippen molar-refractivity contribution in [1.29, 1.82) is 0 Å². The van der Waals surface area contributed by atoms with Gasteiger partial charge in [-0.3, -0.25) is 14.5 Å². The number of hydrogen-bond donors (Lipinski definition) is 1. The largest absolute Gasteiger partial charge is 0.381 e. The lowest BCUT2D eigenvalue weighted by Gasteiger charge is -2.31. The molecule has 0 spiro atoms. The third-order valence-corrected chi connectivity index (χ3v) is 4.30. The fourth-order valence-corrected chi connectivity index (χ4v) is 3.12. The molecule has 3 heterocycles. The van der Waals surface area contributed by atoms with Crippen molar-refractivity contribution in [1.82, 2.24) is 20.1 Å². The highest BCUT2D eigenvalue weighted by atomic mass is 16.5. The van der Waals surface area contributed by atoms with Gasteiger partial charge in [-0.05, 0) is 43.4 Å². The van der Waals surface area contributed by atoms with E-state index in [9.17, 15) is 4.79 Å². The fourth-order valence-electron chi connectivity index (χ4n) is 3.12. The number of aryl methyl sites for hydroxylation is 2. The van der Waals surface area contributed by atoms with Crippen LogP contribution in [0, 0.1) is 12.8 Å². The number of hydrogen-bond acceptors (Lipinski definition) is 4. The summed E-state index contributed by atoms with van der Waals surface area (Å²) in [6, 6.07) is 5.67. The number of amides is 1. The molecule has 3 rings (SSSR count). The summed E-state index contributed by atoms with van der Waals surface area (Å²) in [6.45, 7) is 3.36. The van der Waals surface area contributed by atoms with E-state index in [0.717, 1.165) is 37.3 Å². The molecule has 23 heavy (non-hydrogen) atoms. The van der Waals surface area contributed by atoms with E-state index in [1.54, 1.807) is 24.0 Å². The Balaban J connectivity index is 1.83. The zero-order chi connectivity index (χ0) is 16.2. The zero-order valence-electron chi connectivity index (χ0n) is 13.5. The second-order valence-corrected chi connectivity index (χ2v) is 5.98. The molecule has 6 heteroatoms. The maximum atomic E-state index is 12.7. The van der Waals surface area contributed by atoms with Crippen molar-refractivity contribution in [2.24, 2.45) is 13.0 Å². The first-order valence-electron chi connectivity index (χ1n) is 7.94. The van der Waals surface area contributed by atoms with Crippen molar-refractivity contribution in [2.45, 2.75) is 25.8 Å². The summed E-state index contributed by atoms with van der Waals surface area (Å²) in [5, 5.41) is 7.43. The lowest BCUT2D eigenvalue weighted by Crippen LogP contribution is -2.36. The molecule has 0 aromatic carbocycles. The summed E-state index contributed by atoms with van der Waals surface area (Å²) in [5.41, 5.74) is 2.44. The predicted molar refractivity (Wildman–Crippen MR) is 85.9 cm³/mol. The van der Waals surface area contributed by atoms with Gasteiger partial charge in [0.2, 0.25) is 0 Å². The minimum Gasteiger partial charge on any atom is -0.381 e. The van der Waals surface area contributed by atoms with Gasteiger partial charge >= 0.3 is 0 Å². The van der Waals surface area contributed by atoms with Crippen molar-refractivity contribution in [3.05, 3.63) is 47.5 Å². The molecule has 6 nitrogen and oxygen atoms in total. The molecular formula is C17H22N4O2. The smallest absolute Gasteiger partial charge is 0.270 e. The van der Waals surface area contributed by atoms with Crippen molar-refractivity contribution in [2.75, 3.05) is 13.2 Å². The number of pyridine rings is 1. The lowest BCUT2D eigenvalue weighted by atomic mass is 9.87. The average molecular weight is 314 g/mol. The summed E-state index contributed by atoms with van der Waals surface area (Å²) >= 11 is 0. The van der Waals surface area contributed by atoms with Crippen LogP contribution in [0.25, 0.3) is 0 Å². The molecule has 0 saturated carbocycles. The first-order chi connectivity index (χ1) is 11.1. The van der Waals surface area contributed by atoms with Gasteiger partial charge in [-0.2, -0.15) is 5.10 Å². The highest BCUT2D eigenvalue weighted by Crippen LogP contribution is 2.30. The average Bonchev–Trinajstić information content (AvgIpc) is 2.92. The third kappa shape index (κ3) is 3.59. The Morgan fingerprint density at radius 1 is 1.43 bits per heavy atom. The van der Waals surface area contributed by atoms with Crippen molar-refractivity contribution in [3.63, 3.8) is 0 Å². The van der Waals surface area contributed by atoms with E-state index in [1.165, 1.54) is 0 Å². The summed E-state index contributed by atoms with van der Waals surface area (Å²) in [4.78, 5) is 16.9. The lowest BCUT2D eigenvalue weighted by molar-refractivity contribution is 0.0512. The van der Waals surface area contributed by atoms with Crippen molar-refractivity contribution < 1.29 is 9.53 Å². The SMILES string of the molecule is Cc1cc(C(=O)N[C@H](c2cccnc2)C2CCOCC2)n(C)n1. The van der Waals surface area contributed by atoms with E-state index in [2.05, 4.69) is 15.4 Å². The topological polar surface area (TPSA) is 69.0 Å². The second kappa shape index (κ2) is 6.91. The molecule has 1 aliphatic rings. The maximum absolute atomic E-state index is 12.7. The maximum Gasteiger partial charge on any atom is 0.270 e. The minimum atomic E-state index is -0.103. The molecule has 1 N–H and O–H groups in total. The fraction of sp³-hybridized carbons (Fsp3) is 0.471. The van der Waals surface area contributed by atoms with E-state index < -0.39 is 0 Å². The molecule has 0 unspecified atom stereocenters. The molecule has 0 aliphatic carbocycles. The Kier molecular flexibility index (Phi) is 4.71. The molecule has 122 valence electrons. The number of aromatic nitrogens is 3. The molecule has 1 amide bonds. The molecule has 0 bridgehead atoms. The van der Waals surface area contributed by atoms with Gasteiger partial charge < -0.3 is 10.1 Å². The highest BCUT2D eigenvalue weighted by molar-refractivity contribution is 5.93. The van der Waals surface area contributed by atoms with E-state index in [1.807, 2.05) is 25.3 Å². The minimum absolute atomic E-state index is 0.0599. The Morgan fingerprint density at radius 2 is 2.22 bits per heavy atom. The molecule has 1 aliphatic heterocycles. The summed E-state index contributed by atoms with van der Waals surface area (Å²) in [5.74, 6) is 0.250. The Morgan fingerprint density at radius 3 is 2.83 bits per heavy atom. The van der Waals surface area contributed by atoms with Gasteiger partial charge in [0, 0.05) is 32.7 Å². The molecule has 1 fully saturated rings. The van der Waals surface area contributed by atoms with Crippen LogP contribution in [-0.2, 0) is 11.8 Å². The number of nitrogens with one attached hydrogen (secondary N) is 1. The van der Waals surface area contributed by atoms with Crippen molar-refractivity contribution >= 4 is 5.91 Å². The van der Waals surface area contributed by atoms with Crippen LogP contribution in [-0.4, -0.2) is 33.9 Å². The van der Waals surface area contributed by atoms with Gasteiger partial charge in [0.15, 0.2) is 0 Å². The summed E-state index contributed by atoms with van der Waals surface area (Å²) in [6.07, 6.45) is 5.44. The van der Waals surface area contributed by atoms with Gasteiger partial charge in [-0.1, -0.05) is 6.07 Å². The van der Waals surface area contributed by atoms with E-state index in [0.29, 0.717) is 11.6 Å². The third-order valence-electron chi connectivity index (χ3n) is 4.30. The van der Waals surface area contributed by atoms with Gasteiger partial charge in [0.25, 0.3) is 5.91 Å². The van der Waals surface area contributed by atoms with Crippen LogP contribution in [0.2, 0.25) is 0 Å². The van der Waals surface area contributed by atoms with E-state index in [4.69, 9.17) is 4.74 Å². The first-order valence-corrected chi connectivity index (χ1v) is 7.94. The quantitative estimate of drug-likeness (QED) is 0.937. The normalized spacial score (nSPS) is 17.0. The summed E-state index contributed by atoms with van der Waals surface area (Å²) in [7, 11) is 1.79. The van der Waals surface area contributed by atoms with Gasteiger partial charge in [-0.25, -0.2) is 0 Å². The highest BCUT2D eigenvalue weighted by Gasteiger charge is 2.28. The van der Waals surface area contributed by atoms with Crippen LogP contribution in [0.15, 0.2) is 30.6 Å². The van der Waals surface area contributed by atoms with Crippen molar-refractivity contribution in [3.8, 4) is 0 Å². The Hall–Kier alpha value is -2.21. The number of carbonyl (C=O) groups is 1. The first kappa shape index (κ1) is 15.7. The number of rotatable bonds is 4. The summed E-state index contributed by atoms with van der Waals surface area (Å²) < 4.78 is 7.08. The predicted octanol–water partition coefficient (Wildman–Crippen LogP) is 2.02. The molecule has 2 aromatic rings. The molecule has 2 aromatic heterocycles. The molecule has 0 radical (unpaired) electrons. The van der Waals surface area contributed by atoms with E-state index >= 15 is 0 Å². The van der Waals surface area contributed by atoms with E-state index in [-0.39, 0.29) is 11.9 Å². The van der Waals surface area contributed by atoms with Crippen LogP contribution < -0.4 is 5.32 Å². The standard InChI is InChI=1S/C17H22N4O2/c1-12-10-15(21(2)20-12)17(22)19-16(13-5-8-23-9-6-13)14-4-3-7-18-11-14/h3-4,7,10-11,13,16H,5-6,8-9H2,1-2H3,(H,19,22)/t16-/m0/s1. The molecule has 1 saturated heterocycles.